The standard InChI is InChI=1S/C41H68N4O4/c1-37(2)21-31(22-38(3,4)42-37)44(11)25-33(46)27-48-35-17-13-29(14-18-35)41(9,10)30-15-19-36(20-16-30)49-28-34(47)26-45(12)32-23-39(5,6)43-40(7,8)24-32/h13-20,31-34,42-43,46-47H,21-28H2,1-12H3. The van der Waals surface area contributed by atoms with E-state index in [9.17, 15) is 10.2 Å². The first-order chi connectivity index (χ1) is 22.5. The highest BCUT2D eigenvalue weighted by Gasteiger charge is 2.40. The summed E-state index contributed by atoms with van der Waals surface area (Å²) in [6, 6.07) is 17.2. The van der Waals surface area contributed by atoms with Crippen molar-refractivity contribution in [2.45, 2.75) is 147 Å². The number of piperidine rings is 2. The fraction of sp³-hybridized carbons (Fsp3) is 0.707. The maximum absolute atomic E-state index is 10.8. The van der Waals surface area contributed by atoms with E-state index in [1.807, 2.05) is 24.3 Å². The van der Waals surface area contributed by atoms with E-state index in [0.29, 0.717) is 25.2 Å². The van der Waals surface area contributed by atoms with Gasteiger partial charge in [-0.15, -0.1) is 0 Å². The molecular formula is C41H68N4O4. The minimum absolute atomic E-state index is 0.0663. The Morgan fingerprint density at radius 2 is 0.898 bits per heavy atom. The average Bonchev–Trinajstić information content (AvgIpc) is 2.96. The Morgan fingerprint density at radius 1 is 0.612 bits per heavy atom. The van der Waals surface area contributed by atoms with Crippen molar-refractivity contribution in [3.8, 4) is 11.5 Å². The molecule has 2 aliphatic rings. The number of aliphatic hydroxyl groups is 2. The minimum Gasteiger partial charge on any atom is -0.491 e. The number of likely N-dealkylation sites (N-methyl/N-ethyl adjacent to an activating group) is 2. The van der Waals surface area contributed by atoms with Gasteiger partial charge in [0.15, 0.2) is 0 Å². The van der Waals surface area contributed by atoms with Crippen molar-refractivity contribution in [3.63, 3.8) is 0 Å². The Morgan fingerprint density at radius 3 is 1.18 bits per heavy atom. The molecule has 2 atom stereocenters. The molecule has 4 rings (SSSR count). The summed E-state index contributed by atoms with van der Waals surface area (Å²) in [5.74, 6) is 1.51. The summed E-state index contributed by atoms with van der Waals surface area (Å²) < 4.78 is 12.0. The molecule has 0 radical (unpaired) electrons. The second kappa shape index (κ2) is 15.2. The van der Waals surface area contributed by atoms with Gasteiger partial charge in [0.25, 0.3) is 0 Å². The first kappa shape index (κ1) is 39.6. The summed E-state index contributed by atoms with van der Waals surface area (Å²) in [6.07, 6.45) is 3.05. The SMILES string of the molecule is CN(CC(O)COc1ccc(C(C)(C)c2ccc(OCC(O)CN(C)C3CC(C)(C)NC(C)(C)C3)cc2)cc1)C1CC(C)(C)NC(C)(C)C1. The van der Waals surface area contributed by atoms with Gasteiger partial charge in [0.05, 0.1) is 0 Å². The third-order valence-electron chi connectivity index (χ3n) is 10.6. The molecule has 49 heavy (non-hydrogen) atoms. The molecule has 0 aliphatic carbocycles. The van der Waals surface area contributed by atoms with Gasteiger partial charge in [-0.25, -0.2) is 0 Å². The molecule has 2 aromatic carbocycles. The van der Waals surface area contributed by atoms with Gasteiger partial charge in [-0.1, -0.05) is 38.1 Å². The molecule has 2 heterocycles. The van der Waals surface area contributed by atoms with Crippen molar-refractivity contribution in [3.05, 3.63) is 59.7 Å². The molecule has 0 amide bonds. The molecule has 0 bridgehead atoms. The Bertz CT molecular complexity index is 1200. The van der Waals surface area contributed by atoms with Gasteiger partial charge in [-0.3, -0.25) is 0 Å². The summed E-state index contributed by atoms with van der Waals surface area (Å²) in [5, 5.41) is 29.1. The van der Waals surface area contributed by atoms with Crippen molar-refractivity contribution >= 4 is 0 Å². The largest absolute Gasteiger partial charge is 0.491 e. The molecule has 0 aromatic heterocycles. The maximum Gasteiger partial charge on any atom is 0.119 e. The summed E-state index contributed by atoms with van der Waals surface area (Å²) in [5.41, 5.74) is 2.39. The molecule has 0 spiro atoms. The summed E-state index contributed by atoms with van der Waals surface area (Å²) in [7, 11) is 4.22. The van der Waals surface area contributed by atoms with Crippen LogP contribution in [0.3, 0.4) is 0 Å². The predicted octanol–water partition coefficient (Wildman–Crippen LogP) is 5.97. The first-order valence-corrected chi connectivity index (χ1v) is 18.4. The average molecular weight is 681 g/mol. The smallest absolute Gasteiger partial charge is 0.119 e. The van der Waals surface area contributed by atoms with Crippen molar-refractivity contribution in [2.24, 2.45) is 0 Å². The minimum atomic E-state index is -0.570. The van der Waals surface area contributed by atoms with Crippen LogP contribution in [0, 0.1) is 0 Å². The predicted molar refractivity (Wildman–Crippen MR) is 202 cm³/mol. The molecule has 0 saturated carbocycles. The zero-order valence-electron chi connectivity index (χ0n) is 32.7. The molecule has 4 N–H and O–H groups in total. The second-order valence-corrected chi connectivity index (χ2v) is 18.4. The highest BCUT2D eigenvalue weighted by Crippen LogP contribution is 2.35. The van der Waals surface area contributed by atoms with E-state index in [0.717, 1.165) is 37.2 Å². The molecule has 2 unspecified atom stereocenters. The molecule has 2 saturated heterocycles. The normalized spacial score (nSPS) is 22.2. The molecule has 2 fully saturated rings. The number of hydrogen-bond donors (Lipinski definition) is 4. The highest BCUT2D eigenvalue weighted by atomic mass is 16.5. The molecule has 2 aliphatic heterocycles. The van der Waals surface area contributed by atoms with Crippen LogP contribution in [0.2, 0.25) is 0 Å². The van der Waals surface area contributed by atoms with Crippen LogP contribution in [0.5, 0.6) is 11.5 Å². The van der Waals surface area contributed by atoms with Gasteiger partial charge in [0.2, 0.25) is 0 Å². The third-order valence-corrected chi connectivity index (χ3v) is 10.6. The van der Waals surface area contributed by atoms with Crippen molar-refractivity contribution in [1.29, 1.82) is 0 Å². The first-order valence-electron chi connectivity index (χ1n) is 18.4. The van der Waals surface area contributed by atoms with Crippen molar-refractivity contribution in [2.75, 3.05) is 40.4 Å². The highest BCUT2D eigenvalue weighted by molar-refractivity contribution is 5.41. The van der Waals surface area contributed by atoms with Gasteiger partial charge < -0.3 is 40.1 Å². The van der Waals surface area contributed by atoms with Crippen molar-refractivity contribution in [1.82, 2.24) is 20.4 Å². The third kappa shape index (κ3) is 11.4. The van der Waals surface area contributed by atoms with Crippen LogP contribution in [-0.4, -0.2) is 107 Å². The van der Waals surface area contributed by atoms with Crippen LogP contribution in [0.1, 0.15) is 106 Å². The Balaban J connectivity index is 1.24. The van der Waals surface area contributed by atoms with Crippen LogP contribution in [-0.2, 0) is 5.41 Å². The number of benzene rings is 2. The van der Waals surface area contributed by atoms with E-state index in [1.54, 1.807) is 0 Å². The molecular weight excluding hydrogens is 612 g/mol. The number of rotatable bonds is 14. The Kier molecular flexibility index (Phi) is 12.3. The van der Waals surface area contributed by atoms with Crippen LogP contribution < -0.4 is 20.1 Å². The fourth-order valence-electron chi connectivity index (χ4n) is 8.72. The summed E-state index contributed by atoms with van der Waals surface area (Å²) in [6.45, 7) is 24.2. The van der Waals surface area contributed by atoms with Gasteiger partial charge in [-0.2, -0.15) is 0 Å². The van der Waals surface area contributed by atoms with E-state index in [4.69, 9.17) is 9.47 Å². The maximum atomic E-state index is 10.8. The number of nitrogens with one attached hydrogen (secondary N) is 2. The molecule has 2 aromatic rings. The van der Waals surface area contributed by atoms with E-state index < -0.39 is 12.2 Å². The van der Waals surface area contributed by atoms with Crippen molar-refractivity contribution < 1.29 is 19.7 Å². The number of nitrogens with zero attached hydrogens (tertiary/aromatic N) is 2. The lowest BCUT2D eigenvalue weighted by molar-refractivity contribution is 0.0302. The van der Waals surface area contributed by atoms with Gasteiger partial charge in [0.1, 0.15) is 36.9 Å². The topological polar surface area (TPSA) is 89.5 Å². The van der Waals surface area contributed by atoms with Crippen LogP contribution in [0.25, 0.3) is 0 Å². The molecule has 8 nitrogen and oxygen atoms in total. The summed E-state index contributed by atoms with van der Waals surface area (Å²) in [4.78, 5) is 4.58. The zero-order valence-corrected chi connectivity index (χ0v) is 32.7. The lowest BCUT2D eigenvalue weighted by atomic mass is 9.78. The fourth-order valence-corrected chi connectivity index (χ4v) is 8.72. The number of aliphatic hydroxyl groups excluding tert-OH is 2. The van der Waals surface area contributed by atoms with E-state index in [-0.39, 0.29) is 40.8 Å². The summed E-state index contributed by atoms with van der Waals surface area (Å²) >= 11 is 0. The van der Waals surface area contributed by atoms with Gasteiger partial charge in [-0.05, 0) is 131 Å². The Hall–Kier alpha value is -2.20. The van der Waals surface area contributed by atoms with Gasteiger partial charge in [0, 0.05) is 52.7 Å². The lowest BCUT2D eigenvalue weighted by Gasteiger charge is -2.49. The zero-order chi connectivity index (χ0) is 36.4. The second-order valence-electron chi connectivity index (χ2n) is 18.4. The van der Waals surface area contributed by atoms with Crippen LogP contribution in [0.4, 0.5) is 0 Å². The van der Waals surface area contributed by atoms with E-state index >= 15 is 0 Å². The van der Waals surface area contributed by atoms with E-state index in [1.165, 1.54) is 11.1 Å². The Labute approximate surface area is 297 Å². The number of hydrogen-bond acceptors (Lipinski definition) is 8. The van der Waals surface area contributed by atoms with Crippen LogP contribution in [0.15, 0.2) is 48.5 Å². The molecule has 8 heteroatoms. The quantitative estimate of drug-likeness (QED) is 0.194. The van der Waals surface area contributed by atoms with Gasteiger partial charge >= 0.3 is 0 Å². The molecule has 276 valence electrons. The van der Waals surface area contributed by atoms with E-state index in [2.05, 4.69) is 128 Å². The monoisotopic (exact) mass is 681 g/mol. The number of ether oxygens (including phenoxy) is 2. The van der Waals surface area contributed by atoms with Crippen LogP contribution >= 0.6 is 0 Å². The lowest BCUT2D eigenvalue weighted by Crippen LogP contribution is -2.62.